The first-order valence-corrected chi connectivity index (χ1v) is 6.89. The quantitative estimate of drug-likeness (QED) is 0.409. The zero-order valence-corrected chi connectivity index (χ0v) is 12.8. The summed E-state index contributed by atoms with van der Waals surface area (Å²) in [6.45, 7) is 5.40. The standard InChI is InChI=1S/C16H22O5/c1-5-8-16(14(18)20-3,15(19)21-4)10-11(2)9-12-6-7-13(12)17/h5,9,12H,1,6-8,10H2,2-4H3/b11-9+. The molecule has 0 aromatic carbocycles. The second-order valence-corrected chi connectivity index (χ2v) is 5.36. The monoisotopic (exact) mass is 294 g/mol. The molecule has 1 rings (SSSR count). The molecule has 0 heterocycles. The largest absolute Gasteiger partial charge is 0.468 e. The van der Waals surface area contributed by atoms with E-state index in [1.807, 2.05) is 6.08 Å². The lowest BCUT2D eigenvalue weighted by atomic mass is 9.76. The molecule has 1 atom stereocenters. The van der Waals surface area contributed by atoms with E-state index in [-0.39, 0.29) is 24.5 Å². The molecule has 0 aromatic heterocycles. The summed E-state index contributed by atoms with van der Waals surface area (Å²) in [4.78, 5) is 35.7. The highest BCUT2D eigenvalue weighted by Gasteiger charge is 2.47. The summed E-state index contributed by atoms with van der Waals surface area (Å²) in [6, 6.07) is 0. The first kappa shape index (κ1) is 17.1. The lowest BCUT2D eigenvalue weighted by molar-refractivity contribution is -0.168. The molecule has 0 saturated heterocycles. The van der Waals surface area contributed by atoms with Crippen molar-refractivity contribution in [3.05, 3.63) is 24.3 Å². The molecule has 0 N–H and O–H groups in total. The van der Waals surface area contributed by atoms with E-state index in [1.165, 1.54) is 20.3 Å². The third-order valence-electron chi connectivity index (χ3n) is 3.83. The fraction of sp³-hybridized carbons (Fsp3) is 0.562. The summed E-state index contributed by atoms with van der Waals surface area (Å²) in [5, 5.41) is 0. The van der Waals surface area contributed by atoms with Crippen molar-refractivity contribution in [3.63, 3.8) is 0 Å². The topological polar surface area (TPSA) is 69.7 Å². The van der Waals surface area contributed by atoms with Gasteiger partial charge in [0.1, 0.15) is 5.78 Å². The maximum atomic E-state index is 12.1. The van der Waals surface area contributed by atoms with Gasteiger partial charge in [0.15, 0.2) is 5.41 Å². The maximum absolute atomic E-state index is 12.1. The lowest BCUT2D eigenvalue weighted by Gasteiger charge is -2.28. The van der Waals surface area contributed by atoms with Gasteiger partial charge >= 0.3 is 11.9 Å². The molecule has 0 amide bonds. The number of ether oxygens (including phenoxy) is 2. The minimum absolute atomic E-state index is 0.0956. The Morgan fingerprint density at radius 1 is 1.33 bits per heavy atom. The van der Waals surface area contributed by atoms with Crippen LogP contribution in [0.3, 0.4) is 0 Å². The summed E-state index contributed by atoms with van der Waals surface area (Å²) < 4.78 is 9.55. The molecule has 1 aliphatic carbocycles. The van der Waals surface area contributed by atoms with Crippen LogP contribution in [0.1, 0.15) is 32.6 Å². The Kier molecular flexibility index (Phi) is 5.88. The first-order valence-electron chi connectivity index (χ1n) is 6.89. The van der Waals surface area contributed by atoms with Gasteiger partial charge in [0, 0.05) is 12.3 Å². The van der Waals surface area contributed by atoms with Crippen molar-refractivity contribution in [2.24, 2.45) is 11.3 Å². The molecule has 1 fully saturated rings. The smallest absolute Gasteiger partial charge is 0.323 e. The van der Waals surface area contributed by atoms with Crippen molar-refractivity contribution >= 4 is 17.7 Å². The zero-order chi connectivity index (χ0) is 16.0. The third-order valence-corrected chi connectivity index (χ3v) is 3.83. The molecule has 1 saturated carbocycles. The Bertz CT molecular complexity index is 459. The Morgan fingerprint density at radius 3 is 2.24 bits per heavy atom. The Hall–Kier alpha value is -1.91. The highest BCUT2D eigenvalue weighted by atomic mass is 16.5. The predicted octanol–water partition coefficient (Wildman–Crippen LogP) is 2.21. The third kappa shape index (κ3) is 3.60. The van der Waals surface area contributed by atoms with Gasteiger partial charge in [-0.3, -0.25) is 14.4 Å². The lowest BCUT2D eigenvalue weighted by Crippen LogP contribution is -2.41. The molecular formula is C16H22O5. The van der Waals surface area contributed by atoms with Crippen LogP contribution < -0.4 is 0 Å². The molecule has 116 valence electrons. The molecule has 5 nitrogen and oxygen atoms in total. The SMILES string of the molecule is C=CCC(C/C(C)=C/C1CCC1=O)(C(=O)OC)C(=O)OC. The molecule has 0 aromatic rings. The van der Waals surface area contributed by atoms with Gasteiger partial charge in [-0.1, -0.05) is 17.7 Å². The number of carbonyl (C=O) groups excluding carboxylic acids is 3. The van der Waals surface area contributed by atoms with Gasteiger partial charge in [-0.05, 0) is 26.2 Å². The average Bonchev–Trinajstić information content (AvgIpc) is 2.48. The van der Waals surface area contributed by atoms with E-state index in [9.17, 15) is 14.4 Å². The minimum Gasteiger partial charge on any atom is -0.468 e. The van der Waals surface area contributed by atoms with Crippen LogP contribution in [0.2, 0.25) is 0 Å². The van der Waals surface area contributed by atoms with Crippen LogP contribution >= 0.6 is 0 Å². The minimum atomic E-state index is -1.43. The number of rotatable bonds is 7. The second-order valence-electron chi connectivity index (χ2n) is 5.36. The second kappa shape index (κ2) is 7.20. The van der Waals surface area contributed by atoms with Gasteiger partial charge in [0.2, 0.25) is 0 Å². The fourth-order valence-corrected chi connectivity index (χ4v) is 2.59. The number of Topliss-reactive ketones (excluding diaryl/α,β-unsaturated/α-hetero) is 1. The molecule has 21 heavy (non-hydrogen) atoms. The van der Waals surface area contributed by atoms with E-state index in [2.05, 4.69) is 6.58 Å². The number of methoxy groups -OCH3 is 2. The van der Waals surface area contributed by atoms with E-state index in [0.717, 1.165) is 12.0 Å². The normalized spacial score (nSPS) is 18.7. The van der Waals surface area contributed by atoms with Gasteiger partial charge in [0.05, 0.1) is 14.2 Å². The van der Waals surface area contributed by atoms with Gasteiger partial charge in [0.25, 0.3) is 0 Å². The van der Waals surface area contributed by atoms with E-state index >= 15 is 0 Å². The van der Waals surface area contributed by atoms with Gasteiger partial charge < -0.3 is 9.47 Å². The highest BCUT2D eigenvalue weighted by molar-refractivity contribution is 6.00. The van der Waals surface area contributed by atoms with Crippen LogP contribution in [0, 0.1) is 11.3 Å². The number of carbonyl (C=O) groups is 3. The van der Waals surface area contributed by atoms with Crippen molar-refractivity contribution in [3.8, 4) is 0 Å². The van der Waals surface area contributed by atoms with Crippen molar-refractivity contribution in [2.75, 3.05) is 14.2 Å². The van der Waals surface area contributed by atoms with Crippen molar-refractivity contribution < 1.29 is 23.9 Å². The van der Waals surface area contributed by atoms with Gasteiger partial charge in [-0.25, -0.2) is 0 Å². The molecular weight excluding hydrogens is 272 g/mol. The molecule has 1 unspecified atom stereocenters. The first-order chi connectivity index (χ1) is 9.91. The number of hydrogen-bond donors (Lipinski definition) is 0. The molecule has 0 aliphatic heterocycles. The van der Waals surface area contributed by atoms with E-state index in [0.29, 0.717) is 6.42 Å². The van der Waals surface area contributed by atoms with E-state index < -0.39 is 17.4 Å². The summed E-state index contributed by atoms with van der Waals surface area (Å²) in [6.07, 6.45) is 5.02. The van der Waals surface area contributed by atoms with Crippen LogP contribution in [0.4, 0.5) is 0 Å². The van der Waals surface area contributed by atoms with Crippen LogP contribution in [-0.2, 0) is 23.9 Å². The highest BCUT2D eigenvalue weighted by Crippen LogP contribution is 2.35. The average molecular weight is 294 g/mol. The number of hydrogen-bond acceptors (Lipinski definition) is 5. The zero-order valence-electron chi connectivity index (χ0n) is 12.8. The maximum Gasteiger partial charge on any atom is 0.323 e. The number of ketones is 1. The van der Waals surface area contributed by atoms with Gasteiger partial charge in [-0.2, -0.15) is 0 Å². The molecule has 0 spiro atoms. The van der Waals surface area contributed by atoms with E-state index in [1.54, 1.807) is 6.92 Å². The molecule has 1 aliphatic rings. The summed E-state index contributed by atoms with van der Waals surface area (Å²) in [5.41, 5.74) is -0.635. The molecule has 5 heteroatoms. The summed E-state index contributed by atoms with van der Waals surface area (Å²) >= 11 is 0. The molecule has 0 bridgehead atoms. The van der Waals surface area contributed by atoms with Crippen molar-refractivity contribution in [2.45, 2.75) is 32.6 Å². The van der Waals surface area contributed by atoms with Crippen molar-refractivity contribution in [1.29, 1.82) is 0 Å². The van der Waals surface area contributed by atoms with Crippen LogP contribution in [0.5, 0.6) is 0 Å². The number of allylic oxidation sites excluding steroid dienone is 3. The van der Waals surface area contributed by atoms with Crippen LogP contribution in [-0.4, -0.2) is 31.9 Å². The van der Waals surface area contributed by atoms with Crippen LogP contribution in [0.15, 0.2) is 24.3 Å². The Morgan fingerprint density at radius 2 is 1.90 bits per heavy atom. The van der Waals surface area contributed by atoms with Gasteiger partial charge in [-0.15, -0.1) is 6.58 Å². The van der Waals surface area contributed by atoms with Crippen LogP contribution in [0.25, 0.3) is 0 Å². The Balaban J connectivity index is 3.04. The number of esters is 2. The predicted molar refractivity (Wildman–Crippen MR) is 77.4 cm³/mol. The fourth-order valence-electron chi connectivity index (χ4n) is 2.59. The van der Waals surface area contributed by atoms with E-state index in [4.69, 9.17) is 9.47 Å². The Labute approximate surface area is 125 Å². The van der Waals surface area contributed by atoms with Crippen molar-refractivity contribution in [1.82, 2.24) is 0 Å². The summed E-state index contributed by atoms with van der Waals surface area (Å²) in [5.74, 6) is -1.20. The molecule has 0 radical (unpaired) electrons. The summed E-state index contributed by atoms with van der Waals surface area (Å²) in [7, 11) is 2.47.